The van der Waals surface area contributed by atoms with Crippen molar-refractivity contribution in [2.24, 2.45) is 0 Å². The molecule has 1 nitrogen and oxygen atoms in total. The standard InChI is InChI=1S/C8H4FO/c9-7-3-1-2-6-4-5-10-8(6)7/h1-3,5H. The van der Waals surface area contributed by atoms with Crippen LogP contribution in [0.3, 0.4) is 0 Å². The summed E-state index contributed by atoms with van der Waals surface area (Å²) in [6, 6.07) is 7.50. The average Bonchev–Trinajstić information content (AvgIpc) is 2.36. The van der Waals surface area contributed by atoms with E-state index in [1.165, 1.54) is 12.3 Å². The monoisotopic (exact) mass is 135 g/mol. The van der Waals surface area contributed by atoms with Gasteiger partial charge in [-0.1, -0.05) is 12.1 Å². The van der Waals surface area contributed by atoms with Crippen LogP contribution in [0, 0.1) is 11.9 Å². The molecule has 2 heteroatoms. The molecule has 0 aliphatic carbocycles. The van der Waals surface area contributed by atoms with Gasteiger partial charge in [-0.25, -0.2) is 4.39 Å². The molecular formula is C8H4FO. The Bertz CT molecular complexity index is 351. The number of hydrogen-bond acceptors (Lipinski definition) is 1. The highest BCUT2D eigenvalue weighted by Crippen LogP contribution is 2.16. The highest BCUT2D eigenvalue weighted by atomic mass is 19.1. The van der Waals surface area contributed by atoms with Crippen LogP contribution in [0.5, 0.6) is 0 Å². The van der Waals surface area contributed by atoms with Gasteiger partial charge in [0.05, 0.1) is 6.26 Å². The minimum Gasteiger partial charge on any atom is -0.461 e. The lowest BCUT2D eigenvalue weighted by atomic mass is 10.2. The van der Waals surface area contributed by atoms with Crippen molar-refractivity contribution in [2.75, 3.05) is 0 Å². The lowest BCUT2D eigenvalue weighted by Crippen LogP contribution is -1.70. The lowest BCUT2D eigenvalue weighted by molar-refractivity contribution is 0.560. The molecule has 2 aromatic rings. The second kappa shape index (κ2) is 1.84. The first-order valence-electron chi connectivity index (χ1n) is 2.91. The van der Waals surface area contributed by atoms with Crippen LogP contribution in [-0.2, 0) is 0 Å². The molecule has 0 bridgehead atoms. The van der Waals surface area contributed by atoms with E-state index in [2.05, 4.69) is 6.07 Å². The van der Waals surface area contributed by atoms with Crippen molar-refractivity contribution in [3.8, 4) is 0 Å². The van der Waals surface area contributed by atoms with Crippen molar-refractivity contribution in [2.45, 2.75) is 0 Å². The van der Waals surface area contributed by atoms with Gasteiger partial charge in [-0.2, -0.15) is 0 Å². The maximum absolute atomic E-state index is 12.7. The molecule has 1 heterocycles. The van der Waals surface area contributed by atoms with Crippen molar-refractivity contribution in [3.63, 3.8) is 0 Å². The van der Waals surface area contributed by atoms with E-state index in [-0.39, 0.29) is 11.4 Å². The van der Waals surface area contributed by atoms with Gasteiger partial charge in [0.15, 0.2) is 11.4 Å². The Morgan fingerprint density at radius 3 is 3.10 bits per heavy atom. The largest absolute Gasteiger partial charge is 0.461 e. The van der Waals surface area contributed by atoms with Gasteiger partial charge >= 0.3 is 0 Å². The minimum atomic E-state index is -0.334. The summed E-state index contributed by atoms with van der Waals surface area (Å²) in [5, 5.41) is 0.681. The van der Waals surface area contributed by atoms with E-state index in [9.17, 15) is 4.39 Å². The summed E-state index contributed by atoms with van der Waals surface area (Å²) in [7, 11) is 0. The molecular weight excluding hydrogens is 131 g/mol. The van der Waals surface area contributed by atoms with E-state index in [1.54, 1.807) is 12.1 Å². The average molecular weight is 135 g/mol. The second-order valence-corrected chi connectivity index (χ2v) is 2.00. The summed E-state index contributed by atoms with van der Waals surface area (Å²) in [6.45, 7) is 0. The third-order valence-corrected chi connectivity index (χ3v) is 1.36. The van der Waals surface area contributed by atoms with Gasteiger partial charge in [-0.3, -0.25) is 0 Å². The van der Waals surface area contributed by atoms with Crippen LogP contribution < -0.4 is 0 Å². The number of para-hydroxylation sites is 1. The zero-order valence-electron chi connectivity index (χ0n) is 5.10. The first kappa shape index (κ1) is 5.47. The van der Waals surface area contributed by atoms with Gasteiger partial charge < -0.3 is 4.42 Å². The molecule has 10 heavy (non-hydrogen) atoms. The number of fused-ring (bicyclic) bond motifs is 1. The fourth-order valence-electron chi connectivity index (χ4n) is 0.894. The number of furan rings is 1. The molecule has 1 aromatic heterocycles. The van der Waals surface area contributed by atoms with Crippen LogP contribution in [0.15, 0.2) is 28.9 Å². The summed E-state index contributed by atoms with van der Waals surface area (Å²) in [6.07, 6.45) is 1.35. The van der Waals surface area contributed by atoms with E-state index >= 15 is 0 Å². The van der Waals surface area contributed by atoms with E-state index in [0.29, 0.717) is 5.39 Å². The first-order chi connectivity index (χ1) is 4.88. The van der Waals surface area contributed by atoms with Crippen molar-refractivity contribution in [1.29, 1.82) is 0 Å². The Morgan fingerprint density at radius 2 is 2.30 bits per heavy atom. The Kier molecular flexibility index (Phi) is 1.01. The van der Waals surface area contributed by atoms with Crippen molar-refractivity contribution in [3.05, 3.63) is 36.3 Å². The fraction of sp³-hybridized carbons (Fsp3) is 0. The van der Waals surface area contributed by atoms with Crippen molar-refractivity contribution < 1.29 is 8.81 Å². The zero-order valence-corrected chi connectivity index (χ0v) is 5.10. The molecule has 1 radical (unpaired) electrons. The Hall–Kier alpha value is -1.31. The van der Waals surface area contributed by atoms with Gasteiger partial charge in [-0.15, -0.1) is 0 Å². The molecule has 0 spiro atoms. The molecule has 1 aromatic carbocycles. The fourth-order valence-corrected chi connectivity index (χ4v) is 0.894. The number of rotatable bonds is 0. The van der Waals surface area contributed by atoms with Crippen molar-refractivity contribution >= 4 is 11.0 Å². The lowest BCUT2D eigenvalue weighted by Gasteiger charge is -1.86. The number of benzene rings is 1. The third kappa shape index (κ3) is 0.620. The number of halogens is 1. The summed E-state index contributed by atoms with van der Waals surface area (Å²) in [5.41, 5.74) is 0.280. The van der Waals surface area contributed by atoms with Gasteiger partial charge in [0.25, 0.3) is 0 Å². The predicted molar refractivity (Wildman–Crippen MR) is 35.0 cm³/mol. The quantitative estimate of drug-likeness (QED) is 0.540. The van der Waals surface area contributed by atoms with Gasteiger partial charge in [0.2, 0.25) is 0 Å². The van der Waals surface area contributed by atoms with E-state index in [4.69, 9.17) is 4.42 Å². The second-order valence-electron chi connectivity index (χ2n) is 2.00. The molecule has 0 unspecified atom stereocenters. The normalized spacial score (nSPS) is 10.5. The molecule has 0 saturated carbocycles. The topological polar surface area (TPSA) is 13.1 Å². The van der Waals surface area contributed by atoms with E-state index < -0.39 is 0 Å². The van der Waals surface area contributed by atoms with Gasteiger partial charge in [-0.05, 0) is 6.07 Å². The smallest absolute Gasteiger partial charge is 0.170 e. The summed E-state index contributed by atoms with van der Waals surface area (Å²) >= 11 is 0. The SMILES string of the molecule is Fc1cccc2[c]coc12. The van der Waals surface area contributed by atoms with Crippen molar-refractivity contribution in [1.82, 2.24) is 0 Å². The third-order valence-electron chi connectivity index (χ3n) is 1.36. The summed E-state index contributed by atoms with van der Waals surface area (Å²) in [4.78, 5) is 0. The highest BCUT2D eigenvalue weighted by molar-refractivity contribution is 5.76. The Morgan fingerprint density at radius 1 is 1.40 bits per heavy atom. The first-order valence-corrected chi connectivity index (χ1v) is 2.91. The van der Waals surface area contributed by atoms with E-state index in [1.807, 2.05) is 0 Å². The number of hydrogen-bond donors (Lipinski definition) is 0. The maximum atomic E-state index is 12.7. The molecule has 2 rings (SSSR count). The zero-order chi connectivity index (χ0) is 6.97. The van der Waals surface area contributed by atoms with Crippen LogP contribution in [0.2, 0.25) is 0 Å². The summed E-state index contributed by atoms with van der Waals surface area (Å²) < 4.78 is 17.5. The minimum absolute atomic E-state index is 0.280. The highest BCUT2D eigenvalue weighted by Gasteiger charge is 2.00. The van der Waals surface area contributed by atoms with Crippen LogP contribution in [0.1, 0.15) is 0 Å². The molecule has 0 fully saturated rings. The molecule has 0 atom stereocenters. The Balaban J connectivity index is 2.95. The van der Waals surface area contributed by atoms with Crippen LogP contribution in [0.25, 0.3) is 11.0 Å². The van der Waals surface area contributed by atoms with E-state index in [0.717, 1.165) is 0 Å². The molecule has 0 aliphatic rings. The molecule has 0 amide bonds. The Labute approximate surface area is 57.1 Å². The summed E-state index contributed by atoms with van der Waals surface area (Å²) in [5.74, 6) is -0.334. The molecule has 0 N–H and O–H groups in total. The molecule has 0 saturated heterocycles. The van der Waals surface area contributed by atoms with Gasteiger partial charge in [0, 0.05) is 11.5 Å². The van der Waals surface area contributed by atoms with Crippen LogP contribution >= 0.6 is 0 Å². The molecule has 49 valence electrons. The maximum Gasteiger partial charge on any atom is 0.170 e. The van der Waals surface area contributed by atoms with Gasteiger partial charge in [0.1, 0.15) is 0 Å². The molecule has 0 aliphatic heterocycles. The predicted octanol–water partition coefficient (Wildman–Crippen LogP) is 2.37. The van der Waals surface area contributed by atoms with Crippen LogP contribution in [0.4, 0.5) is 4.39 Å². The van der Waals surface area contributed by atoms with Crippen LogP contribution in [-0.4, -0.2) is 0 Å².